The fourth-order valence-electron chi connectivity index (χ4n) is 2.89. The predicted octanol–water partition coefficient (Wildman–Crippen LogP) is 4.44. The molecule has 0 aromatic carbocycles. The van der Waals surface area contributed by atoms with Crippen LogP contribution in [0.1, 0.15) is 90.4 Å². The Morgan fingerprint density at radius 3 is 1.79 bits per heavy atom. The van der Waals surface area contributed by atoms with Crippen LogP contribution in [-0.4, -0.2) is 35.0 Å². The van der Waals surface area contributed by atoms with Crippen LogP contribution < -0.4 is 5.73 Å². The third kappa shape index (κ3) is 13.6. The molecule has 0 aliphatic rings. The lowest BCUT2D eigenvalue weighted by atomic mass is 9.99. The summed E-state index contributed by atoms with van der Waals surface area (Å²) in [5, 5.41) is 23.0. The van der Waals surface area contributed by atoms with Crippen LogP contribution in [0.25, 0.3) is 10.4 Å². The molecule has 6 heteroatoms. The standard InChI is InChI=1S/C18H38N4O2/c1-2-3-4-5-6-7-8-9-10-11-12-13-14-17(23)18(24)16(19)15-21-22-20/h16-18,23-24H,2-15,19H2,1H3/t16-,17-,18+/m0/s1. The molecule has 0 aromatic rings. The van der Waals surface area contributed by atoms with Gasteiger partial charge in [-0.2, -0.15) is 0 Å². The van der Waals surface area contributed by atoms with Gasteiger partial charge in [-0.25, -0.2) is 0 Å². The predicted molar refractivity (Wildman–Crippen MR) is 99.7 cm³/mol. The number of aliphatic hydroxyl groups excluding tert-OH is 2. The highest BCUT2D eigenvalue weighted by Gasteiger charge is 2.22. The van der Waals surface area contributed by atoms with Crippen LogP contribution in [0.2, 0.25) is 0 Å². The number of nitrogens with two attached hydrogens (primary N) is 1. The van der Waals surface area contributed by atoms with Gasteiger partial charge in [0.25, 0.3) is 0 Å². The summed E-state index contributed by atoms with van der Waals surface area (Å²) in [7, 11) is 0. The van der Waals surface area contributed by atoms with Crippen LogP contribution in [0, 0.1) is 0 Å². The van der Waals surface area contributed by atoms with E-state index in [0.29, 0.717) is 6.42 Å². The highest BCUT2D eigenvalue weighted by Crippen LogP contribution is 2.14. The lowest BCUT2D eigenvalue weighted by Crippen LogP contribution is -2.44. The number of rotatable bonds is 17. The quantitative estimate of drug-likeness (QED) is 0.157. The summed E-state index contributed by atoms with van der Waals surface area (Å²) >= 11 is 0. The average Bonchev–Trinajstić information content (AvgIpc) is 2.59. The summed E-state index contributed by atoms with van der Waals surface area (Å²) in [5.74, 6) is 0. The first-order valence-electron chi connectivity index (χ1n) is 9.76. The van der Waals surface area contributed by atoms with E-state index in [2.05, 4.69) is 16.9 Å². The minimum atomic E-state index is -1.02. The van der Waals surface area contributed by atoms with E-state index in [0.717, 1.165) is 12.8 Å². The Kier molecular flexibility index (Phi) is 16.5. The van der Waals surface area contributed by atoms with E-state index in [-0.39, 0.29) is 6.54 Å². The lowest BCUT2D eigenvalue weighted by molar-refractivity contribution is 0.0000636. The van der Waals surface area contributed by atoms with E-state index in [1.807, 2.05) is 0 Å². The molecule has 0 heterocycles. The van der Waals surface area contributed by atoms with E-state index in [1.165, 1.54) is 64.2 Å². The average molecular weight is 343 g/mol. The lowest BCUT2D eigenvalue weighted by Gasteiger charge is -2.22. The molecule has 0 bridgehead atoms. The van der Waals surface area contributed by atoms with Crippen molar-refractivity contribution in [3.05, 3.63) is 10.4 Å². The zero-order chi connectivity index (χ0) is 18.0. The SMILES string of the molecule is CCCCCCCCCCCCCC[C@H](O)[C@H](O)[C@@H](N)CN=[N+]=[N-]. The van der Waals surface area contributed by atoms with Gasteiger partial charge in [0, 0.05) is 17.5 Å². The first-order valence-corrected chi connectivity index (χ1v) is 9.76. The summed E-state index contributed by atoms with van der Waals surface area (Å²) in [5.41, 5.74) is 13.9. The Labute approximate surface area is 147 Å². The molecule has 0 fully saturated rings. The van der Waals surface area contributed by atoms with Crippen LogP contribution in [-0.2, 0) is 0 Å². The Morgan fingerprint density at radius 2 is 1.33 bits per heavy atom. The summed E-state index contributed by atoms with van der Waals surface area (Å²) in [4.78, 5) is 2.61. The summed E-state index contributed by atoms with van der Waals surface area (Å²) < 4.78 is 0. The van der Waals surface area contributed by atoms with Crippen LogP contribution in [0.5, 0.6) is 0 Å². The summed E-state index contributed by atoms with van der Waals surface area (Å²) in [6.45, 7) is 2.25. The van der Waals surface area contributed by atoms with Gasteiger partial charge in [-0.3, -0.25) is 0 Å². The van der Waals surface area contributed by atoms with Gasteiger partial charge in [0.1, 0.15) is 0 Å². The molecular formula is C18H38N4O2. The minimum absolute atomic E-state index is 0.00711. The van der Waals surface area contributed by atoms with Gasteiger partial charge >= 0.3 is 0 Å². The molecule has 0 spiro atoms. The van der Waals surface area contributed by atoms with Crippen molar-refractivity contribution >= 4 is 0 Å². The largest absolute Gasteiger partial charge is 0.390 e. The minimum Gasteiger partial charge on any atom is -0.390 e. The monoisotopic (exact) mass is 342 g/mol. The molecule has 0 aliphatic carbocycles. The first-order chi connectivity index (χ1) is 11.6. The highest BCUT2D eigenvalue weighted by molar-refractivity contribution is 4.80. The number of hydrogen-bond donors (Lipinski definition) is 3. The molecule has 0 rings (SSSR count). The van der Waals surface area contributed by atoms with Crippen molar-refractivity contribution in [3.63, 3.8) is 0 Å². The maximum atomic E-state index is 9.88. The number of azide groups is 1. The first kappa shape index (κ1) is 23.2. The molecule has 24 heavy (non-hydrogen) atoms. The number of aliphatic hydroxyl groups is 2. The second-order valence-corrected chi connectivity index (χ2v) is 6.81. The number of unbranched alkanes of at least 4 members (excludes halogenated alkanes) is 11. The van der Waals surface area contributed by atoms with E-state index >= 15 is 0 Å². The normalized spacial score (nSPS) is 14.8. The van der Waals surface area contributed by atoms with Crippen LogP contribution >= 0.6 is 0 Å². The molecule has 4 N–H and O–H groups in total. The van der Waals surface area contributed by atoms with Gasteiger partial charge < -0.3 is 15.9 Å². The summed E-state index contributed by atoms with van der Waals surface area (Å²) in [6.07, 6.45) is 13.9. The molecule has 0 aromatic heterocycles. The van der Waals surface area contributed by atoms with E-state index in [9.17, 15) is 10.2 Å². The zero-order valence-corrected chi connectivity index (χ0v) is 15.4. The van der Waals surface area contributed by atoms with E-state index in [1.54, 1.807) is 0 Å². The van der Waals surface area contributed by atoms with Crippen molar-refractivity contribution in [2.75, 3.05) is 6.54 Å². The second-order valence-electron chi connectivity index (χ2n) is 6.81. The van der Waals surface area contributed by atoms with Crippen LogP contribution in [0.15, 0.2) is 5.11 Å². The fourth-order valence-corrected chi connectivity index (χ4v) is 2.89. The Morgan fingerprint density at radius 1 is 0.875 bits per heavy atom. The fraction of sp³-hybridized carbons (Fsp3) is 1.00. The Bertz CT molecular complexity index is 322. The summed E-state index contributed by atoms with van der Waals surface area (Å²) in [6, 6.07) is -0.701. The maximum absolute atomic E-state index is 9.88. The van der Waals surface area contributed by atoms with Crippen molar-refractivity contribution < 1.29 is 10.2 Å². The number of hydrogen-bond acceptors (Lipinski definition) is 4. The molecular weight excluding hydrogens is 304 g/mol. The van der Waals surface area contributed by atoms with Crippen molar-refractivity contribution in [2.45, 2.75) is 109 Å². The third-order valence-electron chi connectivity index (χ3n) is 4.54. The van der Waals surface area contributed by atoms with Gasteiger partial charge in [-0.15, -0.1) is 0 Å². The Hall–Kier alpha value is -0.810. The van der Waals surface area contributed by atoms with Gasteiger partial charge in [0.15, 0.2) is 0 Å². The van der Waals surface area contributed by atoms with Gasteiger partial charge in [0.2, 0.25) is 0 Å². The molecule has 6 nitrogen and oxygen atoms in total. The van der Waals surface area contributed by atoms with E-state index < -0.39 is 18.2 Å². The molecule has 0 saturated carbocycles. The molecule has 0 radical (unpaired) electrons. The van der Waals surface area contributed by atoms with E-state index in [4.69, 9.17) is 11.3 Å². The maximum Gasteiger partial charge on any atom is 0.0950 e. The molecule has 0 saturated heterocycles. The van der Waals surface area contributed by atoms with Crippen molar-refractivity contribution in [1.29, 1.82) is 0 Å². The van der Waals surface area contributed by atoms with Crippen molar-refractivity contribution in [3.8, 4) is 0 Å². The molecule has 0 aliphatic heterocycles. The van der Waals surface area contributed by atoms with Crippen molar-refractivity contribution in [1.82, 2.24) is 0 Å². The Balaban J connectivity index is 3.41. The zero-order valence-electron chi connectivity index (χ0n) is 15.4. The van der Waals surface area contributed by atoms with Crippen molar-refractivity contribution in [2.24, 2.45) is 10.8 Å². The van der Waals surface area contributed by atoms with Gasteiger partial charge in [-0.05, 0) is 12.0 Å². The van der Waals surface area contributed by atoms with Crippen LogP contribution in [0.3, 0.4) is 0 Å². The highest BCUT2D eigenvalue weighted by atomic mass is 16.3. The molecule has 0 amide bonds. The third-order valence-corrected chi connectivity index (χ3v) is 4.54. The van der Waals surface area contributed by atoms with Crippen LogP contribution in [0.4, 0.5) is 0 Å². The molecule has 142 valence electrons. The molecule has 0 unspecified atom stereocenters. The number of nitrogens with zero attached hydrogens (tertiary/aromatic N) is 3. The smallest absolute Gasteiger partial charge is 0.0950 e. The second kappa shape index (κ2) is 17.0. The van der Waals surface area contributed by atoms with Gasteiger partial charge in [-0.1, -0.05) is 89.1 Å². The molecule has 3 atom stereocenters. The topological polar surface area (TPSA) is 115 Å². The van der Waals surface area contributed by atoms with Gasteiger partial charge in [0.05, 0.1) is 12.2 Å².